The van der Waals surface area contributed by atoms with E-state index in [1.165, 1.54) is 12.8 Å². The van der Waals surface area contributed by atoms with Crippen molar-refractivity contribution in [1.29, 1.82) is 0 Å². The van der Waals surface area contributed by atoms with Crippen molar-refractivity contribution in [1.82, 2.24) is 15.5 Å². The number of rotatable bonds is 7. The standard InChI is InChI=1S/C15H29N5/c1-10(2)7-6-8-11(3)18-15(16)17-9-14-12(4)19-20-13(14)5/h10-11H,6-9H2,1-5H3,(H,19,20)(H3,16,17,18). The lowest BCUT2D eigenvalue weighted by molar-refractivity contribution is 0.493. The minimum atomic E-state index is 0.365. The summed E-state index contributed by atoms with van der Waals surface area (Å²) in [5.74, 6) is 1.28. The quantitative estimate of drug-likeness (QED) is 0.530. The molecular formula is C15H29N5. The fourth-order valence-electron chi connectivity index (χ4n) is 2.17. The van der Waals surface area contributed by atoms with Crippen molar-refractivity contribution in [3.8, 4) is 0 Å². The topological polar surface area (TPSA) is 79.1 Å². The van der Waals surface area contributed by atoms with E-state index < -0.39 is 0 Å². The van der Waals surface area contributed by atoms with Crippen molar-refractivity contribution in [2.75, 3.05) is 0 Å². The van der Waals surface area contributed by atoms with Crippen molar-refractivity contribution in [2.24, 2.45) is 16.6 Å². The Bertz CT molecular complexity index is 414. The fraction of sp³-hybridized carbons (Fsp3) is 0.733. The van der Waals surface area contributed by atoms with Crippen LogP contribution in [0.1, 0.15) is 57.0 Å². The Balaban J connectivity index is 2.38. The molecule has 0 aliphatic rings. The first kappa shape index (κ1) is 16.5. The molecule has 0 amide bonds. The summed E-state index contributed by atoms with van der Waals surface area (Å²) in [6.07, 6.45) is 3.60. The molecule has 114 valence electrons. The summed E-state index contributed by atoms with van der Waals surface area (Å²) in [5, 5.41) is 10.4. The van der Waals surface area contributed by atoms with Gasteiger partial charge in [0.2, 0.25) is 0 Å². The van der Waals surface area contributed by atoms with Crippen molar-refractivity contribution >= 4 is 5.96 Å². The van der Waals surface area contributed by atoms with Gasteiger partial charge in [-0.3, -0.25) is 5.10 Å². The summed E-state index contributed by atoms with van der Waals surface area (Å²) in [7, 11) is 0. The summed E-state index contributed by atoms with van der Waals surface area (Å²) in [5.41, 5.74) is 9.11. The average molecular weight is 279 g/mol. The third-order valence-electron chi connectivity index (χ3n) is 3.50. The number of H-pyrrole nitrogens is 1. The van der Waals surface area contributed by atoms with Crippen LogP contribution in [-0.2, 0) is 6.54 Å². The lowest BCUT2D eigenvalue weighted by Gasteiger charge is -2.15. The van der Waals surface area contributed by atoms with Crippen LogP contribution in [0.4, 0.5) is 0 Å². The van der Waals surface area contributed by atoms with Gasteiger partial charge >= 0.3 is 0 Å². The number of aryl methyl sites for hydroxylation is 2. The van der Waals surface area contributed by atoms with Crippen LogP contribution in [0, 0.1) is 19.8 Å². The second kappa shape index (κ2) is 7.92. The van der Waals surface area contributed by atoms with Gasteiger partial charge < -0.3 is 11.1 Å². The van der Waals surface area contributed by atoms with Gasteiger partial charge in [-0.2, -0.15) is 5.10 Å². The van der Waals surface area contributed by atoms with Gasteiger partial charge in [-0.1, -0.05) is 26.7 Å². The highest BCUT2D eigenvalue weighted by atomic mass is 15.1. The van der Waals surface area contributed by atoms with Gasteiger partial charge in [-0.25, -0.2) is 4.99 Å². The van der Waals surface area contributed by atoms with Crippen molar-refractivity contribution < 1.29 is 0 Å². The molecule has 0 aromatic carbocycles. The summed E-state index contributed by atoms with van der Waals surface area (Å²) in [6, 6.07) is 0.365. The molecule has 0 aliphatic heterocycles. The first-order valence-corrected chi connectivity index (χ1v) is 7.47. The lowest BCUT2D eigenvalue weighted by Crippen LogP contribution is -2.38. The molecule has 20 heavy (non-hydrogen) atoms. The molecule has 5 heteroatoms. The molecule has 0 spiro atoms. The molecule has 1 rings (SSSR count). The molecule has 5 nitrogen and oxygen atoms in total. The molecule has 0 saturated carbocycles. The van der Waals surface area contributed by atoms with Crippen LogP contribution in [0.2, 0.25) is 0 Å². The number of aromatic amines is 1. The molecule has 0 bridgehead atoms. The molecule has 4 N–H and O–H groups in total. The van der Waals surface area contributed by atoms with E-state index in [9.17, 15) is 0 Å². The Morgan fingerprint density at radius 3 is 2.55 bits per heavy atom. The van der Waals surface area contributed by atoms with Gasteiger partial charge in [0, 0.05) is 17.3 Å². The Morgan fingerprint density at radius 1 is 1.30 bits per heavy atom. The van der Waals surface area contributed by atoms with E-state index in [0.29, 0.717) is 18.5 Å². The summed E-state index contributed by atoms with van der Waals surface area (Å²) < 4.78 is 0. The van der Waals surface area contributed by atoms with Gasteiger partial charge in [-0.15, -0.1) is 0 Å². The minimum absolute atomic E-state index is 0.365. The summed E-state index contributed by atoms with van der Waals surface area (Å²) in [6.45, 7) is 11.2. The zero-order valence-electron chi connectivity index (χ0n) is 13.5. The highest BCUT2D eigenvalue weighted by Crippen LogP contribution is 2.10. The summed E-state index contributed by atoms with van der Waals surface area (Å²) in [4.78, 5) is 4.39. The largest absolute Gasteiger partial charge is 0.370 e. The molecule has 0 saturated heterocycles. The number of hydrogen-bond donors (Lipinski definition) is 3. The van der Waals surface area contributed by atoms with Gasteiger partial charge in [0.1, 0.15) is 0 Å². The molecule has 0 radical (unpaired) electrons. The van der Waals surface area contributed by atoms with E-state index in [1.807, 2.05) is 13.8 Å². The summed E-state index contributed by atoms with van der Waals surface area (Å²) >= 11 is 0. The molecule has 1 heterocycles. The number of aromatic nitrogens is 2. The second-order valence-electron chi connectivity index (χ2n) is 5.98. The van der Waals surface area contributed by atoms with Crippen LogP contribution in [0.25, 0.3) is 0 Å². The van der Waals surface area contributed by atoms with E-state index in [-0.39, 0.29) is 0 Å². The van der Waals surface area contributed by atoms with Crippen molar-refractivity contribution in [3.05, 3.63) is 17.0 Å². The third-order valence-corrected chi connectivity index (χ3v) is 3.50. The van der Waals surface area contributed by atoms with E-state index >= 15 is 0 Å². The highest BCUT2D eigenvalue weighted by Gasteiger charge is 2.07. The first-order valence-electron chi connectivity index (χ1n) is 7.47. The molecule has 0 aliphatic carbocycles. The Morgan fingerprint density at radius 2 is 2.00 bits per heavy atom. The molecule has 1 aromatic heterocycles. The number of guanidine groups is 1. The minimum Gasteiger partial charge on any atom is -0.370 e. The maximum Gasteiger partial charge on any atom is 0.189 e. The van der Waals surface area contributed by atoms with Gasteiger partial charge in [-0.05, 0) is 33.1 Å². The van der Waals surface area contributed by atoms with Gasteiger partial charge in [0.15, 0.2) is 5.96 Å². The number of nitrogens with zero attached hydrogens (tertiary/aromatic N) is 2. The molecule has 1 aromatic rings. The fourth-order valence-corrected chi connectivity index (χ4v) is 2.17. The predicted octanol–water partition coefficient (Wildman–Crippen LogP) is 2.65. The van der Waals surface area contributed by atoms with Crippen LogP contribution in [-0.4, -0.2) is 22.2 Å². The SMILES string of the molecule is Cc1n[nH]c(C)c1CN=C(N)NC(C)CCCC(C)C. The molecule has 0 fully saturated rings. The number of hydrogen-bond acceptors (Lipinski definition) is 2. The van der Waals surface area contributed by atoms with Gasteiger partial charge in [0.05, 0.1) is 12.2 Å². The molecule has 1 unspecified atom stereocenters. The predicted molar refractivity (Wildman–Crippen MR) is 84.7 cm³/mol. The second-order valence-corrected chi connectivity index (χ2v) is 5.98. The zero-order valence-corrected chi connectivity index (χ0v) is 13.5. The number of nitrogens with one attached hydrogen (secondary N) is 2. The van der Waals surface area contributed by atoms with Crippen molar-refractivity contribution in [3.63, 3.8) is 0 Å². The van der Waals surface area contributed by atoms with E-state index in [4.69, 9.17) is 5.73 Å². The lowest BCUT2D eigenvalue weighted by atomic mass is 10.0. The van der Waals surface area contributed by atoms with E-state index in [1.54, 1.807) is 0 Å². The van der Waals surface area contributed by atoms with Crippen LogP contribution < -0.4 is 11.1 Å². The maximum absolute atomic E-state index is 5.93. The smallest absolute Gasteiger partial charge is 0.189 e. The average Bonchev–Trinajstić information content (AvgIpc) is 2.66. The maximum atomic E-state index is 5.93. The Kier molecular flexibility index (Phi) is 6.55. The van der Waals surface area contributed by atoms with Crippen LogP contribution >= 0.6 is 0 Å². The number of aliphatic imine (C=N–C) groups is 1. The van der Waals surface area contributed by atoms with Crippen LogP contribution in [0.15, 0.2) is 4.99 Å². The Hall–Kier alpha value is -1.52. The molecular weight excluding hydrogens is 250 g/mol. The Labute approximate surface area is 122 Å². The van der Waals surface area contributed by atoms with Crippen LogP contribution in [0.3, 0.4) is 0 Å². The van der Waals surface area contributed by atoms with Crippen molar-refractivity contribution in [2.45, 2.75) is 66.5 Å². The van der Waals surface area contributed by atoms with Crippen LogP contribution in [0.5, 0.6) is 0 Å². The van der Waals surface area contributed by atoms with Gasteiger partial charge in [0.25, 0.3) is 0 Å². The third kappa shape index (κ3) is 5.63. The highest BCUT2D eigenvalue weighted by molar-refractivity contribution is 5.78. The first-order chi connectivity index (χ1) is 9.40. The monoisotopic (exact) mass is 279 g/mol. The van der Waals surface area contributed by atoms with E-state index in [0.717, 1.165) is 29.3 Å². The normalized spacial score (nSPS) is 13.8. The zero-order chi connectivity index (χ0) is 15.1. The molecule has 1 atom stereocenters. The number of nitrogens with two attached hydrogens (primary N) is 1. The van der Waals surface area contributed by atoms with E-state index in [2.05, 4.69) is 41.3 Å².